The van der Waals surface area contributed by atoms with E-state index in [-0.39, 0.29) is 28.8 Å². The van der Waals surface area contributed by atoms with Crippen LogP contribution in [-0.2, 0) is 14.2 Å². The van der Waals surface area contributed by atoms with Gasteiger partial charge in [-0.1, -0.05) is 23.2 Å². The third-order valence-corrected chi connectivity index (χ3v) is 3.13. The molecule has 9 heteroatoms. The van der Waals surface area contributed by atoms with Gasteiger partial charge in [0, 0.05) is 13.2 Å². The quantitative estimate of drug-likeness (QED) is 0.313. The van der Waals surface area contributed by atoms with Gasteiger partial charge in [-0.15, -0.1) is 0 Å². The average Bonchev–Trinajstić information content (AvgIpc) is 2.44. The van der Waals surface area contributed by atoms with Gasteiger partial charge in [-0.2, -0.15) is 0 Å². The molecule has 7 nitrogen and oxygen atoms in total. The summed E-state index contributed by atoms with van der Waals surface area (Å²) >= 11 is 11.4. The molecule has 0 N–H and O–H groups in total. The second kappa shape index (κ2) is 8.78. The minimum Gasteiger partial charge on any atom is -0.460 e. The van der Waals surface area contributed by atoms with Gasteiger partial charge in [0.15, 0.2) is 0 Å². The zero-order valence-corrected chi connectivity index (χ0v) is 12.6. The van der Waals surface area contributed by atoms with Gasteiger partial charge in [-0.25, -0.2) is 4.79 Å². The molecule has 0 aromatic heterocycles. The maximum Gasteiger partial charge on any atom is 0.338 e. The van der Waals surface area contributed by atoms with E-state index in [0.29, 0.717) is 13.2 Å². The highest BCUT2D eigenvalue weighted by atomic mass is 35.5. The van der Waals surface area contributed by atoms with Crippen molar-refractivity contribution in [3.8, 4) is 0 Å². The van der Waals surface area contributed by atoms with E-state index < -0.39 is 16.6 Å². The number of methoxy groups -OCH3 is 1. The molecule has 0 saturated heterocycles. The first-order valence-electron chi connectivity index (χ1n) is 5.84. The normalized spacial score (nSPS) is 10.4. The van der Waals surface area contributed by atoms with Crippen molar-refractivity contribution in [2.75, 3.05) is 33.5 Å². The molecule has 0 heterocycles. The van der Waals surface area contributed by atoms with Crippen molar-refractivity contribution >= 4 is 34.9 Å². The smallest absolute Gasteiger partial charge is 0.338 e. The summed E-state index contributed by atoms with van der Waals surface area (Å²) in [5, 5.41) is 10.5. The number of halogens is 2. The molecular weight excluding hydrogens is 325 g/mol. The topological polar surface area (TPSA) is 87.9 Å². The third kappa shape index (κ3) is 5.47. The molecule has 0 spiro atoms. The van der Waals surface area contributed by atoms with Crippen LogP contribution in [0.4, 0.5) is 5.69 Å². The van der Waals surface area contributed by atoms with Gasteiger partial charge in [0.1, 0.15) is 11.6 Å². The van der Waals surface area contributed by atoms with Crippen molar-refractivity contribution in [3.05, 3.63) is 37.9 Å². The van der Waals surface area contributed by atoms with Crippen LogP contribution in [0.25, 0.3) is 0 Å². The Hall–Kier alpha value is -1.41. The molecule has 0 unspecified atom stereocenters. The first-order chi connectivity index (χ1) is 9.97. The number of nitrogens with zero attached hydrogens (tertiary/aromatic N) is 1. The molecule has 0 aliphatic rings. The van der Waals surface area contributed by atoms with E-state index >= 15 is 0 Å². The van der Waals surface area contributed by atoms with Crippen LogP contribution in [0, 0.1) is 10.1 Å². The Balaban J connectivity index is 2.60. The minimum atomic E-state index is -0.744. The first kappa shape index (κ1) is 17.6. The highest BCUT2D eigenvalue weighted by Gasteiger charge is 2.20. The van der Waals surface area contributed by atoms with Crippen molar-refractivity contribution < 1.29 is 23.9 Å². The molecule has 1 aromatic rings. The van der Waals surface area contributed by atoms with E-state index in [1.807, 2.05) is 0 Å². The van der Waals surface area contributed by atoms with Crippen LogP contribution in [-0.4, -0.2) is 44.4 Å². The number of carbonyl (C=O) groups excluding carboxylic acids is 1. The summed E-state index contributed by atoms with van der Waals surface area (Å²) in [6.45, 7) is 1.02. The molecule has 0 radical (unpaired) electrons. The summed E-state index contributed by atoms with van der Waals surface area (Å²) in [7, 11) is 1.54. The molecule has 0 bridgehead atoms. The van der Waals surface area contributed by atoms with Gasteiger partial charge < -0.3 is 14.2 Å². The highest BCUT2D eigenvalue weighted by Crippen LogP contribution is 2.33. The Morgan fingerprint density at radius 2 is 1.90 bits per heavy atom. The fraction of sp³-hybridized carbons (Fsp3) is 0.417. The number of ether oxygens (including phenoxy) is 3. The largest absolute Gasteiger partial charge is 0.460 e. The zero-order chi connectivity index (χ0) is 15.8. The maximum atomic E-state index is 11.7. The average molecular weight is 338 g/mol. The Morgan fingerprint density at radius 1 is 1.24 bits per heavy atom. The molecule has 0 fully saturated rings. The van der Waals surface area contributed by atoms with Crippen LogP contribution in [0.3, 0.4) is 0 Å². The van der Waals surface area contributed by atoms with E-state index in [4.69, 9.17) is 37.4 Å². The van der Waals surface area contributed by atoms with Crippen LogP contribution >= 0.6 is 23.2 Å². The predicted octanol–water partition coefficient (Wildman–Crippen LogP) is 2.72. The summed E-state index contributed by atoms with van der Waals surface area (Å²) in [4.78, 5) is 21.8. The number of nitro benzene ring substituents is 1. The monoisotopic (exact) mass is 337 g/mol. The van der Waals surface area contributed by atoms with Crippen LogP contribution in [0.5, 0.6) is 0 Å². The standard InChI is InChI=1S/C12H13Cl2NO6/c1-19-2-3-20-4-5-21-12(16)8-6-9(13)11(14)10(7-8)15(17)18/h6-7H,2-5H2,1H3. The molecule has 0 aliphatic carbocycles. The second-order valence-corrected chi connectivity index (χ2v) is 4.57. The summed E-state index contributed by atoms with van der Waals surface area (Å²) < 4.78 is 14.8. The van der Waals surface area contributed by atoms with E-state index in [1.54, 1.807) is 7.11 Å². The van der Waals surface area contributed by atoms with Gasteiger partial charge in [-0.3, -0.25) is 10.1 Å². The number of hydrogen-bond acceptors (Lipinski definition) is 6. The highest BCUT2D eigenvalue weighted by molar-refractivity contribution is 6.43. The summed E-state index contributed by atoms with van der Waals surface area (Å²) in [5.74, 6) is -0.744. The Kier molecular flexibility index (Phi) is 7.38. The van der Waals surface area contributed by atoms with E-state index in [9.17, 15) is 14.9 Å². The van der Waals surface area contributed by atoms with Gasteiger partial charge in [0.05, 0.1) is 35.3 Å². The number of carbonyl (C=O) groups is 1. The predicted molar refractivity (Wildman–Crippen MR) is 76.1 cm³/mol. The molecule has 0 amide bonds. The van der Waals surface area contributed by atoms with Crippen LogP contribution in [0.1, 0.15) is 10.4 Å². The SMILES string of the molecule is COCCOCCOC(=O)c1cc(Cl)c(Cl)c([N+](=O)[O-])c1. The van der Waals surface area contributed by atoms with Crippen LogP contribution in [0.2, 0.25) is 10.0 Å². The van der Waals surface area contributed by atoms with Crippen molar-refractivity contribution in [2.45, 2.75) is 0 Å². The molecule has 21 heavy (non-hydrogen) atoms. The van der Waals surface area contributed by atoms with Crippen LogP contribution in [0.15, 0.2) is 12.1 Å². The molecule has 0 saturated carbocycles. The molecule has 0 atom stereocenters. The molecular formula is C12H13Cl2NO6. The van der Waals surface area contributed by atoms with Gasteiger partial charge in [0.2, 0.25) is 0 Å². The zero-order valence-electron chi connectivity index (χ0n) is 11.1. The third-order valence-electron chi connectivity index (χ3n) is 2.33. The minimum absolute atomic E-state index is 0.0105. The maximum absolute atomic E-state index is 11.7. The summed E-state index contributed by atoms with van der Waals surface area (Å²) in [6.07, 6.45) is 0. The van der Waals surface area contributed by atoms with E-state index in [1.165, 1.54) is 6.07 Å². The number of nitro groups is 1. The van der Waals surface area contributed by atoms with Gasteiger partial charge in [-0.05, 0) is 6.07 Å². The molecule has 1 aromatic carbocycles. The van der Waals surface area contributed by atoms with Gasteiger partial charge in [0.25, 0.3) is 5.69 Å². The van der Waals surface area contributed by atoms with Crippen molar-refractivity contribution in [2.24, 2.45) is 0 Å². The lowest BCUT2D eigenvalue weighted by atomic mass is 10.2. The fourth-order valence-corrected chi connectivity index (χ4v) is 1.74. The molecule has 1 rings (SSSR count). The summed E-state index contributed by atoms with van der Waals surface area (Å²) in [5.41, 5.74) is -0.500. The Morgan fingerprint density at radius 3 is 2.52 bits per heavy atom. The Labute approximate surface area is 130 Å². The lowest BCUT2D eigenvalue weighted by molar-refractivity contribution is -0.384. The van der Waals surface area contributed by atoms with Crippen molar-refractivity contribution in [1.82, 2.24) is 0 Å². The van der Waals surface area contributed by atoms with Crippen LogP contribution < -0.4 is 0 Å². The number of rotatable bonds is 8. The van der Waals surface area contributed by atoms with E-state index in [0.717, 1.165) is 6.07 Å². The lowest BCUT2D eigenvalue weighted by Crippen LogP contribution is -2.13. The number of esters is 1. The fourth-order valence-electron chi connectivity index (χ4n) is 1.35. The second-order valence-electron chi connectivity index (χ2n) is 3.79. The lowest BCUT2D eigenvalue weighted by Gasteiger charge is -2.07. The Bertz CT molecular complexity index is 523. The van der Waals surface area contributed by atoms with Crippen molar-refractivity contribution in [1.29, 1.82) is 0 Å². The van der Waals surface area contributed by atoms with E-state index in [2.05, 4.69) is 0 Å². The van der Waals surface area contributed by atoms with Crippen molar-refractivity contribution in [3.63, 3.8) is 0 Å². The number of hydrogen-bond donors (Lipinski definition) is 0. The van der Waals surface area contributed by atoms with Gasteiger partial charge >= 0.3 is 5.97 Å². The number of benzene rings is 1. The first-order valence-corrected chi connectivity index (χ1v) is 6.60. The summed E-state index contributed by atoms with van der Waals surface area (Å²) in [6, 6.07) is 2.23. The molecule has 116 valence electrons. The molecule has 0 aliphatic heterocycles.